The van der Waals surface area contributed by atoms with Crippen LogP contribution in [0.3, 0.4) is 0 Å². The van der Waals surface area contributed by atoms with Crippen molar-refractivity contribution in [3.05, 3.63) is 44.3 Å². The summed E-state index contributed by atoms with van der Waals surface area (Å²) < 4.78 is 5.16. The number of fused-ring (bicyclic) bond motifs is 1. The van der Waals surface area contributed by atoms with Crippen molar-refractivity contribution >= 4 is 40.5 Å². The zero-order valence-corrected chi connectivity index (χ0v) is 16.0. The van der Waals surface area contributed by atoms with Crippen LogP contribution in [-0.4, -0.2) is 35.8 Å². The van der Waals surface area contributed by atoms with Gasteiger partial charge in [-0.25, -0.2) is 0 Å². The third kappa shape index (κ3) is 4.70. The number of nitrogens with zero attached hydrogens (tertiary/aromatic N) is 1. The van der Waals surface area contributed by atoms with Crippen molar-refractivity contribution in [2.75, 3.05) is 13.2 Å². The summed E-state index contributed by atoms with van der Waals surface area (Å²) in [6, 6.07) is 5.32. The van der Waals surface area contributed by atoms with Gasteiger partial charge in [0.2, 0.25) is 5.91 Å². The fourth-order valence-corrected chi connectivity index (χ4v) is 4.55. The van der Waals surface area contributed by atoms with Gasteiger partial charge in [0, 0.05) is 29.8 Å². The van der Waals surface area contributed by atoms with Gasteiger partial charge in [-0.15, -0.1) is 22.7 Å². The standard InChI is InChI=1S/C18H20N2O4S2/c1-12(21)19-14(16-3-2-7-25-16)9-18(23)24-11-17(22)20-6-4-15-13(10-20)5-8-26-15/h2-3,5,7-8,14H,4,6,9-11H2,1H3,(H,19,21). The van der Waals surface area contributed by atoms with Gasteiger partial charge < -0.3 is 15.0 Å². The normalized spacial score (nSPS) is 14.4. The molecule has 138 valence electrons. The lowest BCUT2D eigenvalue weighted by Crippen LogP contribution is -2.38. The molecule has 8 heteroatoms. The third-order valence-corrected chi connectivity index (χ3v) is 6.16. The highest BCUT2D eigenvalue weighted by Gasteiger charge is 2.24. The van der Waals surface area contributed by atoms with E-state index >= 15 is 0 Å². The molecule has 0 bridgehead atoms. The second-order valence-corrected chi connectivity index (χ2v) is 8.05. The number of carbonyl (C=O) groups excluding carboxylic acids is 3. The second kappa shape index (κ2) is 8.46. The smallest absolute Gasteiger partial charge is 0.308 e. The summed E-state index contributed by atoms with van der Waals surface area (Å²) in [6.07, 6.45) is 0.845. The summed E-state index contributed by atoms with van der Waals surface area (Å²) in [5, 5.41) is 6.66. The number of amides is 2. The molecule has 2 aromatic heterocycles. The van der Waals surface area contributed by atoms with E-state index in [1.807, 2.05) is 29.0 Å². The zero-order valence-electron chi connectivity index (χ0n) is 14.4. The van der Waals surface area contributed by atoms with Crippen molar-refractivity contribution in [2.24, 2.45) is 0 Å². The Kier molecular flexibility index (Phi) is 6.05. The van der Waals surface area contributed by atoms with E-state index in [0.717, 1.165) is 11.3 Å². The molecule has 2 amide bonds. The quantitative estimate of drug-likeness (QED) is 0.767. The van der Waals surface area contributed by atoms with Crippen LogP contribution in [0.5, 0.6) is 0 Å². The van der Waals surface area contributed by atoms with E-state index in [9.17, 15) is 14.4 Å². The first-order valence-electron chi connectivity index (χ1n) is 8.32. The third-order valence-electron chi connectivity index (χ3n) is 4.15. The average molecular weight is 393 g/mol. The summed E-state index contributed by atoms with van der Waals surface area (Å²) in [5.41, 5.74) is 1.17. The molecule has 0 aromatic carbocycles. The number of rotatable bonds is 6. The molecule has 6 nitrogen and oxygen atoms in total. The monoisotopic (exact) mass is 392 g/mol. The molecule has 26 heavy (non-hydrogen) atoms. The van der Waals surface area contributed by atoms with Crippen LogP contribution in [0.4, 0.5) is 0 Å². The summed E-state index contributed by atoms with van der Waals surface area (Å²) in [5.74, 6) is -0.909. The van der Waals surface area contributed by atoms with E-state index in [1.165, 1.54) is 28.7 Å². The first kappa shape index (κ1) is 18.6. The Morgan fingerprint density at radius 1 is 1.27 bits per heavy atom. The van der Waals surface area contributed by atoms with Crippen LogP contribution in [0.1, 0.15) is 34.7 Å². The summed E-state index contributed by atoms with van der Waals surface area (Å²) >= 11 is 3.17. The van der Waals surface area contributed by atoms with Crippen LogP contribution in [0, 0.1) is 0 Å². The van der Waals surface area contributed by atoms with Gasteiger partial charge in [-0.1, -0.05) is 6.07 Å². The van der Waals surface area contributed by atoms with Crippen molar-refractivity contribution < 1.29 is 19.1 Å². The molecule has 0 fully saturated rings. The van der Waals surface area contributed by atoms with Crippen LogP contribution < -0.4 is 5.32 Å². The molecule has 0 saturated carbocycles. The molecule has 3 heterocycles. The van der Waals surface area contributed by atoms with Crippen molar-refractivity contribution in [3.8, 4) is 0 Å². The fraction of sp³-hybridized carbons (Fsp3) is 0.389. The second-order valence-electron chi connectivity index (χ2n) is 6.07. The summed E-state index contributed by atoms with van der Waals surface area (Å²) in [4.78, 5) is 39.7. The molecule has 1 N–H and O–H groups in total. The molecule has 3 rings (SSSR count). The Balaban J connectivity index is 1.50. The van der Waals surface area contributed by atoms with E-state index in [2.05, 4.69) is 5.32 Å². The summed E-state index contributed by atoms with van der Waals surface area (Å²) in [6.45, 7) is 2.35. The lowest BCUT2D eigenvalue weighted by molar-refractivity contribution is -0.153. The van der Waals surface area contributed by atoms with Gasteiger partial charge in [0.1, 0.15) is 0 Å². The number of hydrogen-bond acceptors (Lipinski definition) is 6. The molecule has 2 aromatic rings. The van der Waals surface area contributed by atoms with Crippen LogP contribution >= 0.6 is 22.7 Å². The molecule has 0 spiro atoms. The molecule has 0 radical (unpaired) electrons. The van der Waals surface area contributed by atoms with Crippen LogP contribution in [0.25, 0.3) is 0 Å². The Morgan fingerprint density at radius 2 is 2.12 bits per heavy atom. The molecule has 1 aliphatic rings. The maximum Gasteiger partial charge on any atom is 0.308 e. The predicted molar refractivity (Wildman–Crippen MR) is 99.9 cm³/mol. The molecule has 1 aliphatic heterocycles. The van der Waals surface area contributed by atoms with Crippen LogP contribution in [0.15, 0.2) is 29.0 Å². The number of hydrogen-bond donors (Lipinski definition) is 1. The number of nitrogens with one attached hydrogen (secondary N) is 1. The van der Waals surface area contributed by atoms with Gasteiger partial charge in [0.05, 0.1) is 12.5 Å². The highest BCUT2D eigenvalue weighted by Crippen LogP contribution is 2.24. The first-order chi connectivity index (χ1) is 12.5. The molecular weight excluding hydrogens is 372 g/mol. The SMILES string of the molecule is CC(=O)NC(CC(=O)OCC(=O)N1CCc2sccc2C1)c1cccs1. The highest BCUT2D eigenvalue weighted by atomic mass is 32.1. The molecule has 1 unspecified atom stereocenters. The number of carbonyl (C=O) groups is 3. The maximum atomic E-state index is 12.3. The lowest BCUT2D eigenvalue weighted by Gasteiger charge is -2.26. The van der Waals surface area contributed by atoms with Gasteiger partial charge in [-0.3, -0.25) is 14.4 Å². The molecule has 0 aliphatic carbocycles. The predicted octanol–water partition coefficient (Wildman–Crippen LogP) is 2.51. The van der Waals surface area contributed by atoms with Crippen molar-refractivity contribution in [1.82, 2.24) is 10.2 Å². The topological polar surface area (TPSA) is 75.7 Å². The van der Waals surface area contributed by atoms with Gasteiger partial charge in [0.25, 0.3) is 5.91 Å². The van der Waals surface area contributed by atoms with Gasteiger partial charge in [-0.05, 0) is 34.9 Å². The molecular formula is C18H20N2O4S2. The average Bonchev–Trinajstić information content (AvgIpc) is 3.29. The zero-order chi connectivity index (χ0) is 18.5. The minimum absolute atomic E-state index is 0.00204. The van der Waals surface area contributed by atoms with Crippen molar-refractivity contribution in [1.29, 1.82) is 0 Å². The Morgan fingerprint density at radius 3 is 2.85 bits per heavy atom. The number of esters is 1. The first-order valence-corrected chi connectivity index (χ1v) is 10.1. The number of thiophene rings is 2. The number of ether oxygens (including phenoxy) is 1. The van der Waals surface area contributed by atoms with Crippen molar-refractivity contribution in [2.45, 2.75) is 32.4 Å². The Labute approximate surface area is 159 Å². The highest BCUT2D eigenvalue weighted by molar-refractivity contribution is 7.10. The van der Waals surface area contributed by atoms with E-state index in [-0.39, 0.29) is 24.8 Å². The Bertz CT molecular complexity index is 785. The van der Waals surface area contributed by atoms with E-state index < -0.39 is 12.0 Å². The fourth-order valence-electron chi connectivity index (χ4n) is 2.88. The maximum absolute atomic E-state index is 12.3. The summed E-state index contributed by atoms with van der Waals surface area (Å²) in [7, 11) is 0. The minimum atomic E-state index is -0.501. The van der Waals surface area contributed by atoms with Gasteiger partial charge >= 0.3 is 5.97 Å². The van der Waals surface area contributed by atoms with Crippen molar-refractivity contribution in [3.63, 3.8) is 0 Å². The van der Waals surface area contributed by atoms with E-state index in [1.54, 1.807) is 16.2 Å². The molecule has 0 saturated heterocycles. The van der Waals surface area contributed by atoms with E-state index in [0.29, 0.717) is 13.1 Å². The molecule has 1 atom stereocenters. The Hall–Kier alpha value is -2.19. The van der Waals surface area contributed by atoms with Crippen LogP contribution in [0.2, 0.25) is 0 Å². The van der Waals surface area contributed by atoms with Gasteiger partial charge in [0.15, 0.2) is 6.61 Å². The van der Waals surface area contributed by atoms with E-state index in [4.69, 9.17) is 4.74 Å². The van der Waals surface area contributed by atoms with Gasteiger partial charge in [-0.2, -0.15) is 0 Å². The largest absolute Gasteiger partial charge is 0.455 e. The lowest BCUT2D eigenvalue weighted by atomic mass is 10.1. The van der Waals surface area contributed by atoms with Crippen LogP contribution in [-0.2, 0) is 32.1 Å². The minimum Gasteiger partial charge on any atom is -0.455 e.